The Balaban J connectivity index is 1.59. The third-order valence-corrected chi connectivity index (χ3v) is 7.74. The molecule has 1 aromatic carbocycles. The molecule has 6 nitrogen and oxygen atoms in total. The maximum atomic E-state index is 13.0. The van der Waals surface area contributed by atoms with E-state index in [4.69, 9.17) is 0 Å². The number of hydrogen-bond acceptors (Lipinski definition) is 4. The molecule has 2 aromatic rings. The molecule has 1 atom stereocenters. The van der Waals surface area contributed by atoms with Gasteiger partial charge >= 0.3 is 0 Å². The molecule has 1 aliphatic heterocycles. The van der Waals surface area contributed by atoms with Crippen LogP contribution in [0.3, 0.4) is 0 Å². The van der Waals surface area contributed by atoms with Gasteiger partial charge in [0.15, 0.2) is 0 Å². The van der Waals surface area contributed by atoms with Crippen molar-refractivity contribution < 1.29 is 8.42 Å². The van der Waals surface area contributed by atoms with Gasteiger partial charge < -0.3 is 4.57 Å². The highest BCUT2D eigenvalue weighted by molar-refractivity contribution is 7.88. The Kier molecular flexibility index (Phi) is 4.61. The molecule has 7 heteroatoms. The molecule has 0 bridgehead atoms. The Morgan fingerprint density at radius 1 is 1.23 bits per heavy atom. The molecular weight excluding hydrogens is 348 g/mol. The minimum Gasteiger partial charge on any atom is -0.317 e. The minimum atomic E-state index is -3.33. The van der Waals surface area contributed by atoms with E-state index >= 15 is 0 Å². The molecule has 1 spiro atoms. The van der Waals surface area contributed by atoms with Crippen LogP contribution in [0, 0.1) is 5.41 Å². The van der Waals surface area contributed by atoms with Crippen molar-refractivity contribution in [3.05, 3.63) is 48.0 Å². The third-order valence-electron chi connectivity index (χ3n) is 5.97. The number of hydrogen-bond donors (Lipinski definition) is 0. The summed E-state index contributed by atoms with van der Waals surface area (Å²) in [4.78, 5) is 0. The quantitative estimate of drug-likeness (QED) is 0.780. The van der Waals surface area contributed by atoms with Crippen LogP contribution in [0.1, 0.15) is 49.9 Å². The second kappa shape index (κ2) is 6.78. The van der Waals surface area contributed by atoms with Gasteiger partial charge in [-0.1, -0.05) is 43.7 Å². The van der Waals surface area contributed by atoms with Gasteiger partial charge in [0.2, 0.25) is 10.0 Å². The Morgan fingerprint density at radius 2 is 2.00 bits per heavy atom. The second-order valence-corrected chi connectivity index (χ2v) is 9.65. The lowest BCUT2D eigenvalue weighted by atomic mass is 9.62. The van der Waals surface area contributed by atoms with E-state index in [1.807, 2.05) is 30.3 Å². The lowest BCUT2D eigenvalue weighted by molar-refractivity contribution is 0.125. The predicted octanol–water partition coefficient (Wildman–Crippen LogP) is 2.79. The van der Waals surface area contributed by atoms with Gasteiger partial charge in [0.25, 0.3) is 0 Å². The highest BCUT2D eigenvalue weighted by atomic mass is 32.2. The van der Waals surface area contributed by atoms with E-state index in [0.717, 1.165) is 37.2 Å². The van der Waals surface area contributed by atoms with Crippen molar-refractivity contribution in [2.75, 3.05) is 13.1 Å². The Bertz CT molecular complexity index is 859. The first-order valence-corrected chi connectivity index (χ1v) is 11.0. The van der Waals surface area contributed by atoms with E-state index in [1.54, 1.807) is 10.6 Å². The fourth-order valence-electron chi connectivity index (χ4n) is 4.45. The number of aromatic nitrogens is 3. The SMILES string of the molecule is CCCn1cnnc1C1CN(S(=O)(=O)Cc2ccccc2)CC12CCC2. The first-order chi connectivity index (χ1) is 12.5. The molecule has 2 heterocycles. The van der Waals surface area contributed by atoms with Crippen molar-refractivity contribution in [1.29, 1.82) is 0 Å². The fraction of sp³-hybridized carbons (Fsp3) is 0.579. The maximum absolute atomic E-state index is 13.0. The summed E-state index contributed by atoms with van der Waals surface area (Å²) in [5.74, 6) is 1.18. The summed E-state index contributed by atoms with van der Waals surface area (Å²) in [6.07, 6.45) is 6.13. The zero-order chi connectivity index (χ0) is 18.2. The normalized spacial score (nSPS) is 22.6. The summed E-state index contributed by atoms with van der Waals surface area (Å²) in [6, 6.07) is 9.44. The van der Waals surface area contributed by atoms with Crippen LogP contribution < -0.4 is 0 Å². The molecule has 140 valence electrons. The topological polar surface area (TPSA) is 68.1 Å². The highest BCUT2D eigenvalue weighted by Gasteiger charge is 2.54. The second-order valence-electron chi connectivity index (χ2n) is 7.69. The highest BCUT2D eigenvalue weighted by Crippen LogP contribution is 2.56. The molecule has 2 aliphatic rings. The fourth-order valence-corrected chi connectivity index (χ4v) is 6.08. The average Bonchev–Trinajstić information content (AvgIpc) is 3.19. The van der Waals surface area contributed by atoms with E-state index in [0.29, 0.717) is 13.1 Å². The van der Waals surface area contributed by atoms with E-state index in [2.05, 4.69) is 21.7 Å². The van der Waals surface area contributed by atoms with Gasteiger partial charge in [0.1, 0.15) is 12.2 Å². The summed E-state index contributed by atoms with van der Waals surface area (Å²) in [7, 11) is -3.33. The molecule has 0 amide bonds. The molecule has 1 aliphatic carbocycles. The summed E-state index contributed by atoms with van der Waals surface area (Å²) in [5, 5.41) is 8.50. The van der Waals surface area contributed by atoms with Gasteiger partial charge in [-0.05, 0) is 30.2 Å². The van der Waals surface area contributed by atoms with Crippen molar-refractivity contribution in [3.8, 4) is 0 Å². The Labute approximate surface area is 155 Å². The first-order valence-electron chi connectivity index (χ1n) is 9.43. The van der Waals surface area contributed by atoms with Gasteiger partial charge in [-0.3, -0.25) is 0 Å². The summed E-state index contributed by atoms with van der Waals surface area (Å²) < 4.78 is 29.9. The van der Waals surface area contributed by atoms with E-state index in [-0.39, 0.29) is 17.1 Å². The van der Waals surface area contributed by atoms with Crippen LogP contribution in [0.15, 0.2) is 36.7 Å². The van der Waals surface area contributed by atoms with Crippen LogP contribution in [0.2, 0.25) is 0 Å². The molecular formula is C19H26N4O2S. The zero-order valence-electron chi connectivity index (χ0n) is 15.2. The van der Waals surface area contributed by atoms with Gasteiger partial charge in [0.05, 0.1) is 5.75 Å². The van der Waals surface area contributed by atoms with Gasteiger partial charge in [0, 0.05) is 25.6 Å². The first kappa shape index (κ1) is 17.7. The van der Waals surface area contributed by atoms with Gasteiger partial charge in [-0.2, -0.15) is 0 Å². The standard InChI is InChI=1S/C19H26N4O2S/c1-2-11-22-15-20-21-18(22)17-12-23(14-19(17)9-6-10-19)26(24,25)13-16-7-4-3-5-8-16/h3-5,7-8,15,17H,2,6,9-14H2,1H3. The maximum Gasteiger partial charge on any atom is 0.218 e. The van der Waals surface area contributed by atoms with Crippen molar-refractivity contribution >= 4 is 10.0 Å². The average molecular weight is 375 g/mol. The van der Waals surface area contributed by atoms with Crippen molar-refractivity contribution in [3.63, 3.8) is 0 Å². The smallest absolute Gasteiger partial charge is 0.218 e. The summed E-state index contributed by atoms with van der Waals surface area (Å²) >= 11 is 0. The number of aryl methyl sites for hydroxylation is 1. The van der Waals surface area contributed by atoms with Crippen LogP contribution in [-0.4, -0.2) is 40.6 Å². The van der Waals surface area contributed by atoms with Crippen molar-refractivity contribution in [2.24, 2.45) is 5.41 Å². The molecule has 26 heavy (non-hydrogen) atoms. The van der Waals surface area contributed by atoms with Crippen LogP contribution in [0.5, 0.6) is 0 Å². The number of sulfonamides is 1. The van der Waals surface area contributed by atoms with Gasteiger partial charge in [-0.15, -0.1) is 10.2 Å². The number of rotatable bonds is 6. The molecule has 4 rings (SSSR count). The van der Waals surface area contributed by atoms with E-state index in [9.17, 15) is 8.42 Å². The van der Waals surface area contributed by atoms with Crippen LogP contribution >= 0.6 is 0 Å². The monoisotopic (exact) mass is 374 g/mol. The third kappa shape index (κ3) is 3.07. The minimum absolute atomic E-state index is 0.0439. The zero-order valence-corrected chi connectivity index (χ0v) is 16.0. The van der Waals surface area contributed by atoms with Crippen molar-refractivity contribution in [2.45, 2.75) is 50.8 Å². The van der Waals surface area contributed by atoms with Crippen molar-refractivity contribution in [1.82, 2.24) is 19.1 Å². The predicted molar refractivity (Wildman–Crippen MR) is 100.0 cm³/mol. The van der Waals surface area contributed by atoms with Crippen LogP contribution in [-0.2, 0) is 22.3 Å². The Morgan fingerprint density at radius 3 is 2.65 bits per heavy atom. The molecule has 1 saturated carbocycles. The van der Waals surface area contributed by atoms with E-state index < -0.39 is 10.0 Å². The van der Waals surface area contributed by atoms with Crippen LogP contribution in [0.4, 0.5) is 0 Å². The summed E-state index contributed by atoms with van der Waals surface area (Å²) in [6.45, 7) is 4.16. The lowest BCUT2D eigenvalue weighted by Crippen LogP contribution is -2.38. The van der Waals surface area contributed by atoms with E-state index in [1.165, 1.54) is 6.42 Å². The van der Waals surface area contributed by atoms with Gasteiger partial charge in [-0.25, -0.2) is 12.7 Å². The molecule has 0 N–H and O–H groups in total. The largest absolute Gasteiger partial charge is 0.317 e. The molecule has 0 radical (unpaired) electrons. The number of benzene rings is 1. The summed E-state index contributed by atoms with van der Waals surface area (Å²) in [5.41, 5.74) is 0.884. The Hall–Kier alpha value is -1.73. The van der Waals surface area contributed by atoms with Crippen LogP contribution in [0.25, 0.3) is 0 Å². The lowest BCUT2D eigenvalue weighted by Gasteiger charge is -2.42. The molecule has 1 aromatic heterocycles. The number of nitrogens with zero attached hydrogens (tertiary/aromatic N) is 4. The molecule has 1 saturated heterocycles. The molecule has 2 fully saturated rings. The molecule has 1 unspecified atom stereocenters.